The Balaban J connectivity index is 1.05. The molecule has 4 aromatic heterocycles. The molecule has 6 rings (SSSR count). The fourth-order valence-corrected chi connectivity index (χ4v) is 4.76. The minimum atomic E-state index is 0.404. The van der Waals surface area contributed by atoms with Crippen LogP contribution in [-0.2, 0) is 6.54 Å². The number of hydrogen-bond donors (Lipinski definition) is 3. The highest BCUT2D eigenvalue weighted by Crippen LogP contribution is 2.23. The summed E-state index contributed by atoms with van der Waals surface area (Å²) in [5, 5.41) is 7.14. The van der Waals surface area contributed by atoms with Gasteiger partial charge in [0, 0.05) is 44.6 Å². The van der Waals surface area contributed by atoms with Gasteiger partial charge in [0.15, 0.2) is 0 Å². The number of anilines is 2. The predicted octanol–water partition coefficient (Wildman–Crippen LogP) is 3.74. The van der Waals surface area contributed by atoms with E-state index in [4.69, 9.17) is 4.98 Å². The lowest BCUT2D eigenvalue weighted by Gasteiger charge is -2.32. The van der Waals surface area contributed by atoms with Gasteiger partial charge < -0.3 is 25.1 Å². The molecule has 1 aliphatic rings. The van der Waals surface area contributed by atoms with Crippen LogP contribution in [0.2, 0.25) is 0 Å². The standard InChI is InChI=1S/C26H29N9/c1-2-7-24-22(6-1)33-26(35(24)18-20-5-3-4-11-28-20)30-19-9-14-34(15-10-19)16-13-29-25-31-21-8-12-27-17-23(21)32-25/h1-8,11-12,17,19H,9-10,13-16,18H2,(H,30,33)(H2,29,31,32). The molecule has 0 bridgehead atoms. The number of aromatic nitrogens is 6. The highest BCUT2D eigenvalue weighted by atomic mass is 15.2. The van der Waals surface area contributed by atoms with Crippen molar-refractivity contribution in [3.8, 4) is 0 Å². The van der Waals surface area contributed by atoms with Crippen LogP contribution < -0.4 is 10.6 Å². The van der Waals surface area contributed by atoms with Gasteiger partial charge in [0.2, 0.25) is 11.9 Å². The fourth-order valence-electron chi connectivity index (χ4n) is 4.76. The van der Waals surface area contributed by atoms with Crippen LogP contribution in [0.3, 0.4) is 0 Å². The first-order valence-corrected chi connectivity index (χ1v) is 12.2. The molecule has 9 heteroatoms. The Morgan fingerprint density at radius 2 is 1.83 bits per heavy atom. The van der Waals surface area contributed by atoms with Crippen molar-refractivity contribution in [3.05, 3.63) is 72.8 Å². The average molecular weight is 468 g/mol. The molecule has 0 aliphatic carbocycles. The third kappa shape index (κ3) is 4.81. The molecule has 0 saturated carbocycles. The van der Waals surface area contributed by atoms with Crippen LogP contribution in [0.4, 0.5) is 11.9 Å². The van der Waals surface area contributed by atoms with Crippen molar-refractivity contribution in [2.75, 3.05) is 36.8 Å². The summed E-state index contributed by atoms with van der Waals surface area (Å²) in [5.74, 6) is 1.73. The van der Waals surface area contributed by atoms with E-state index in [2.05, 4.69) is 64.3 Å². The average Bonchev–Trinajstić information content (AvgIpc) is 3.47. The summed E-state index contributed by atoms with van der Waals surface area (Å²) in [6.45, 7) is 4.66. The van der Waals surface area contributed by atoms with E-state index in [0.717, 1.165) is 78.7 Å². The van der Waals surface area contributed by atoms with Gasteiger partial charge in [-0.05, 0) is 43.2 Å². The molecule has 0 spiro atoms. The smallest absolute Gasteiger partial charge is 0.204 e. The molecule has 5 heterocycles. The number of H-pyrrole nitrogens is 1. The number of rotatable bonds is 8. The van der Waals surface area contributed by atoms with Gasteiger partial charge in [-0.2, -0.15) is 0 Å². The summed E-state index contributed by atoms with van der Waals surface area (Å²) in [7, 11) is 0. The zero-order valence-electron chi connectivity index (χ0n) is 19.6. The van der Waals surface area contributed by atoms with Crippen LogP contribution in [0.1, 0.15) is 18.5 Å². The van der Waals surface area contributed by atoms with E-state index in [0.29, 0.717) is 12.6 Å². The molecule has 1 aromatic carbocycles. The van der Waals surface area contributed by atoms with Crippen LogP contribution in [0.15, 0.2) is 67.1 Å². The predicted molar refractivity (Wildman–Crippen MR) is 139 cm³/mol. The first kappa shape index (κ1) is 21.5. The highest BCUT2D eigenvalue weighted by molar-refractivity contribution is 5.79. The van der Waals surface area contributed by atoms with Gasteiger partial charge in [-0.1, -0.05) is 18.2 Å². The number of piperidine rings is 1. The van der Waals surface area contributed by atoms with E-state index in [-0.39, 0.29) is 0 Å². The molecule has 0 radical (unpaired) electrons. The van der Waals surface area contributed by atoms with Gasteiger partial charge in [0.1, 0.15) is 0 Å². The van der Waals surface area contributed by atoms with E-state index in [9.17, 15) is 0 Å². The van der Waals surface area contributed by atoms with E-state index in [1.807, 2.05) is 30.5 Å². The number of nitrogens with one attached hydrogen (secondary N) is 3. The van der Waals surface area contributed by atoms with Crippen molar-refractivity contribution >= 4 is 34.0 Å². The van der Waals surface area contributed by atoms with E-state index in [1.165, 1.54) is 0 Å². The van der Waals surface area contributed by atoms with Gasteiger partial charge in [-0.25, -0.2) is 9.97 Å². The quantitative estimate of drug-likeness (QED) is 0.320. The number of fused-ring (bicyclic) bond motifs is 2. The summed E-state index contributed by atoms with van der Waals surface area (Å²) in [6.07, 6.45) is 7.58. The SMILES string of the molecule is c1ccc(Cn2c(NC3CCN(CCNc4nc5ccncc5[nH]4)CC3)nc3ccccc32)nc1. The summed E-state index contributed by atoms with van der Waals surface area (Å²) in [5.41, 5.74) is 5.06. The maximum absolute atomic E-state index is 4.91. The van der Waals surface area contributed by atoms with E-state index < -0.39 is 0 Å². The molecular formula is C26H29N9. The fraction of sp³-hybridized carbons (Fsp3) is 0.308. The van der Waals surface area contributed by atoms with Crippen molar-refractivity contribution in [2.24, 2.45) is 0 Å². The summed E-state index contributed by atoms with van der Waals surface area (Å²) >= 11 is 0. The molecule has 0 amide bonds. The van der Waals surface area contributed by atoms with Crippen molar-refractivity contribution in [3.63, 3.8) is 0 Å². The van der Waals surface area contributed by atoms with Crippen LogP contribution >= 0.6 is 0 Å². The van der Waals surface area contributed by atoms with Gasteiger partial charge in [0.05, 0.1) is 40.5 Å². The molecule has 1 fully saturated rings. The monoisotopic (exact) mass is 467 g/mol. The third-order valence-electron chi connectivity index (χ3n) is 6.63. The van der Waals surface area contributed by atoms with Crippen molar-refractivity contribution < 1.29 is 0 Å². The lowest BCUT2D eigenvalue weighted by molar-refractivity contribution is 0.226. The Labute approximate surface area is 203 Å². The molecule has 178 valence electrons. The van der Waals surface area contributed by atoms with Crippen LogP contribution in [-0.4, -0.2) is 66.6 Å². The Kier molecular flexibility index (Phi) is 5.98. The van der Waals surface area contributed by atoms with Crippen molar-refractivity contribution in [1.82, 2.24) is 34.4 Å². The van der Waals surface area contributed by atoms with Gasteiger partial charge in [-0.15, -0.1) is 0 Å². The number of nitrogens with zero attached hydrogens (tertiary/aromatic N) is 6. The van der Waals surface area contributed by atoms with Crippen LogP contribution in [0.25, 0.3) is 22.1 Å². The van der Waals surface area contributed by atoms with Gasteiger partial charge >= 0.3 is 0 Å². The first-order valence-electron chi connectivity index (χ1n) is 12.2. The third-order valence-corrected chi connectivity index (χ3v) is 6.63. The summed E-state index contributed by atoms with van der Waals surface area (Å²) in [4.78, 5) is 23.9. The second-order valence-electron chi connectivity index (χ2n) is 9.00. The molecule has 9 nitrogen and oxygen atoms in total. The lowest BCUT2D eigenvalue weighted by Crippen LogP contribution is -2.41. The van der Waals surface area contributed by atoms with E-state index in [1.54, 1.807) is 12.4 Å². The first-order chi connectivity index (χ1) is 17.3. The molecule has 5 aromatic rings. The lowest BCUT2D eigenvalue weighted by atomic mass is 10.1. The molecular weight excluding hydrogens is 438 g/mol. The van der Waals surface area contributed by atoms with Crippen LogP contribution in [0.5, 0.6) is 0 Å². The Morgan fingerprint density at radius 3 is 2.69 bits per heavy atom. The van der Waals surface area contributed by atoms with Gasteiger partial charge in [-0.3, -0.25) is 9.97 Å². The number of benzene rings is 1. The molecule has 3 N–H and O–H groups in total. The Morgan fingerprint density at radius 1 is 0.943 bits per heavy atom. The summed E-state index contributed by atoms with van der Waals surface area (Å²) < 4.78 is 2.25. The molecule has 1 aliphatic heterocycles. The molecule has 0 atom stereocenters. The Hall–Kier alpha value is -3.98. The van der Waals surface area contributed by atoms with Crippen LogP contribution in [0, 0.1) is 0 Å². The number of imidazole rings is 2. The summed E-state index contributed by atoms with van der Waals surface area (Å²) in [6, 6.07) is 16.7. The normalized spacial score (nSPS) is 15.1. The zero-order valence-corrected chi connectivity index (χ0v) is 19.6. The number of pyridine rings is 2. The number of para-hydroxylation sites is 2. The van der Waals surface area contributed by atoms with E-state index >= 15 is 0 Å². The maximum atomic E-state index is 4.91. The largest absolute Gasteiger partial charge is 0.355 e. The molecule has 35 heavy (non-hydrogen) atoms. The zero-order chi connectivity index (χ0) is 23.5. The second kappa shape index (κ2) is 9.71. The molecule has 1 saturated heterocycles. The number of likely N-dealkylation sites (tertiary alicyclic amines) is 1. The van der Waals surface area contributed by atoms with Crippen molar-refractivity contribution in [1.29, 1.82) is 0 Å². The van der Waals surface area contributed by atoms with Crippen molar-refractivity contribution in [2.45, 2.75) is 25.4 Å². The second-order valence-corrected chi connectivity index (χ2v) is 9.00. The highest BCUT2D eigenvalue weighted by Gasteiger charge is 2.21. The van der Waals surface area contributed by atoms with Gasteiger partial charge in [0.25, 0.3) is 0 Å². The minimum absolute atomic E-state index is 0.404. The minimum Gasteiger partial charge on any atom is -0.355 e. The topological polar surface area (TPSA) is 99.6 Å². The molecule has 0 unspecified atom stereocenters. The maximum Gasteiger partial charge on any atom is 0.204 e. The number of aromatic amines is 1. The Bertz CT molecular complexity index is 1370. The number of hydrogen-bond acceptors (Lipinski definition) is 7.